The zero-order valence-corrected chi connectivity index (χ0v) is 15.8. The van der Waals surface area contributed by atoms with Crippen molar-refractivity contribution in [3.8, 4) is 5.75 Å². The highest BCUT2D eigenvalue weighted by molar-refractivity contribution is 7.90. The molecule has 140 valence electrons. The van der Waals surface area contributed by atoms with E-state index >= 15 is 0 Å². The van der Waals surface area contributed by atoms with E-state index in [2.05, 4.69) is 6.92 Å². The largest absolute Gasteiger partial charge is 0.494 e. The van der Waals surface area contributed by atoms with Gasteiger partial charge < -0.3 is 15.4 Å². The highest BCUT2D eigenvalue weighted by Crippen LogP contribution is 2.23. The van der Waals surface area contributed by atoms with Crippen LogP contribution in [0.5, 0.6) is 5.75 Å². The lowest BCUT2D eigenvalue weighted by molar-refractivity contribution is -0.136. The van der Waals surface area contributed by atoms with E-state index in [1.807, 2.05) is 4.90 Å². The van der Waals surface area contributed by atoms with Gasteiger partial charge in [-0.3, -0.25) is 4.79 Å². The molecule has 0 aliphatic carbocycles. The zero-order valence-electron chi connectivity index (χ0n) is 15.0. The fourth-order valence-corrected chi connectivity index (χ4v) is 3.89. The first-order chi connectivity index (χ1) is 11.8. The van der Waals surface area contributed by atoms with Crippen molar-refractivity contribution in [2.24, 2.45) is 11.7 Å². The third-order valence-electron chi connectivity index (χ3n) is 4.73. The van der Waals surface area contributed by atoms with E-state index in [4.69, 9.17) is 10.5 Å². The smallest absolute Gasteiger partial charge is 0.222 e. The van der Waals surface area contributed by atoms with Gasteiger partial charge in [0.05, 0.1) is 11.5 Å². The van der Waals surface area contributed by atoms with Gasteiger partial charge in [-0.15, -0.1) is 0 Å². The van der Waals surface area contributed by atoms with Crippen LogP contribution in [0.2, 0.25) is 0 Å². The second kappa shape index (κ2) is 8.67. The van der Waals surface area contributed by atoms with Gasteiger partial charge in [-0.05, 0) is 49.4 Å². The van der Waals surface area contributed by atoms with Gasteiger partial charge in [0.2, 0.25) is 5.91 Å². The normalized spacial score (nSPS) is 21.2. The third-order valence-corrected chi connectivity index (χ3v) is 5.86. The van der Waals surface area contributed by atoms with E-state index in [9.17, 15) is 13.2 Å². The van der Waals surface area contributed by atoms with Gasteiger partial charge in [0.15, 0.2) is 9.84 Å². The van der Waals surface area contributed by atoms with E-state index in [1.165, 1.54) is 18.4 Å². The minimum Gasteiger partial charge on any atom is -0.494 e. The average molecular weight is 368 g/mol. The first kappa shape index (κ1) is 19.7. The summed E-state index contributed by atoms with van der Waals surface area (Å²) in [4.78, 5) is 14.6. The Balaban J connectivity index is 1.78. The van der Waals surface area contributed by atoms with Gasteiger partial charge in [-0.25, -0.2) is 8.42 Å². The molecular weight excluding hydrogens is 340 g/mol. The van der Waals surface area contributed by atoms with Crippen molar-refractivity contribution in [3.05, 3.63) is 24.3 Å². The molecule has 7 heteroatoms. The summed E-state index contributed by atoms with van der Waals surface area (Å²) in [5.74, 6) is 1.19. The molecular formula is C18H28N2O4S. The van der Waals surface area contributed by atoms with E-state index < -0.39 is 9.84 Å². The van der Waals surface area contributed by atoms with Gasteiger partial charge in [0.1, 0.15) is 5.75 Å². The number of nitrogens with zero attached hydrogens (tertiary/aromatic N) is 1. The lowest BCUT2D eigenvalue weighted by Gasteiger charge is -2.39. The molecule has 25 heavy (non-hydrogen) atoms. The minimum absolute atomic E-state index is 0.137. The van der Waals surface area contributed by atoms with Crippen LogP contribution in [0.3, 0.4) is 0 Å². The molecule has 1 aliphatic rings. The lowest BCUT2D eigenvalue weighted by atomic mass is 9.90. The zero-order chi connectivity index (χ0) is 18.4. The molecule has 1 aromatic carbocycles. The van der Waals surface area contributed by atoms with Crippen LogP contribution in [0.15, 0.2) is 29.2 Å². The van der Waals surface area contributed by atoms with Crippen LogP contribution in [-0.2, 0) is 14.6 Å². The van der Waals surface area contributed by atoms with Crippen molar-refractivity contribution < 1.29 is 17.9 Å². The molecule has 6 nitrogen and oxygen atoms in total. The number of ether oxygens (including phenoxy) is 1. The molecule has 1 aromatic rings. The lowest BCUT2D eigenvalue weighted by Crippen LogP contribution is -2.51. The first-order valence-electron chi connectivity index (χ1n) is 8.75. The molecule has 2 N–H and O–H groups in total. The predicted octanol–water partition coefficient (Wildman–Crippen LogP) is 1.83. The standard InChI is InChI=1S/C18H28N2O4S/c1-14-5-3-11-20(17(14)13-19)18(21)6-4-12-24-15-7-9-16(10-8-15)25(2,22)23/h7-10,14,17H,3-6,11-13,19H2,1-2H3/t14-,17+/m0/s1. The molecule has 0 bridgehead atoms. The summed E-state index contributed by atoms with van der Waals surface area (Å²) in [5.41, 5.74) is 5.83. The van der Waals surface area contributed by atoms with Gasteiger partial charge in [0, 0.05) is 31.8 Å². The number of carbonyl (C=O) groups excluding carboxylic acids is 1. The van der Waals surface area contributed by atoms with Crippen molar-refractivity contribution in [3.63, 3.8) is 0 Å². The second-order valence-corrected chi connectivity index (χ2v) is 8.72. The maximum absolute atomic E-state index is 12.4. The van der Waals surface area contributed by atoms with E-state index in [0.717, 1.165) is 19.4 Å². The molecule has 1 amide bonds. The van der Waals surface area contributed by atoms with Crippen molar-refractivity contribution in [2.75, 3.05) is 26.0 Å². The van der Waals surface area contributed by atoms with Gasteiger partial charge >= 0.3 is 0 Å². The highest BCUT2D eigenvalue weighted by atomic mass is 32.2. The van der Waals surface area contributed by atoms with Gasteiger partial charge in [0.25, 0.3) is 0 Å². The second-order valence-electron chi connectivity index (χ2n) is 6.71. The Bertz CT molecular complexity index is 673. The molecule has 1 heterocycles. The summed E-state index contributed by atoms with van der Waals surface area (Å²) in [6, 6.07) is 6.46. The summed E-state index contributed by atoms with van der Waals surface area (Å²) >= 11 is 0. The first-order valence-corrected chi connectivity index (χ1v) is 10.6. The fourth-order valence-electron chi connectivity index (χ4n) is 3.26. The van der Waals surface area contributed by atoms with E-state index in [1.54, 1.807) is 12.1 Å². The van der Waals surface area contributed by atoms with Crippen LogP contribution >= 0.6 is 0 Å². The topological polar surface area (TPSA) is 89.7 Å². The Morgan fingerprint density at radius 3 is 2.60 bits per heavy atom. The van der Waals surface area contributed by atoms with E-state index in [0.29, 0.717) is 37.7 Å². The number of hydrogen-bond acceptors (Lipinski definition) is 5. The highest BCUT2D eigenvalue weighted by Gasteiger charge is 2.30. The number of sulfone groups is 1. The van der Waals surface area contributed by atoms with Crippen molar-refractivity contribution in [2.45, 2.75) is 43.5 Å². The van der Waals surface area contributed by atoms with Crippen LogP contribution in [0.1, 0.15) is 32.6 Å². The van der Waals surface area contributed by atoms with Gasteiger partial charge in [-0.1, -0.05) is 6.92 Å². The van der Waals surface area contributed by atoms with Crippen LogP contribution < -0.4 is 10.5 Å². The van der Waals surface area contributed by atoms with Gasteiger partial charge in [-0.2, -0.15) is 0 Å². The van der Waals surface area contributed by atoms with E-state index in [-0.39, 0.29) is 16.8 Å². The van der Waals surface area contributed by atoms with Crippen molar-refractivity contribution >= 4 is 15.7 Å². The Labute approximate surface area is 150 Å². The molecule has 2 rings (SSSR count). The average Bonchev–Trinajstić information content (AvgIpc) is 2.58. The number of piperidine rings is 1. The van der Waals surface area contributed by atoms with Crippen LogP contribution in [0.25, 0.3) is 0 Å². The molecule has 0 aromatic heterocycles. The number of rotatable bonds is 7. The third kappa shape index (κ3) is 5.44. The summed E-state index contributed by atoms with van der Waals surface area (Å²) < 4.78 is 28.4. The Morgan fingerprint density at radius 1 is 1.32 bits per heavy atom. The fraction of sp³-hybridized carbons (Fsp3) is 0.611. The number of benzene rings is 1. The summed E-state index contributed by atoms with van der Waals surface area (Å²) in [7, 11) is -3.20. The molecule has 1 aliphatic heterocycles. The molecule has 0 spiro atoms. The molecule has 2 atom stereocenters. The minimum atomic E-state index is -3.20. The molecule has 0 radical (unpaired) electrons. The molecule has 0 unspecified atom stereocenters. The Hall–Kier alpha value is -1.60. The van der Waals surface area contributed by atoms with Crippen LogP contribution in [0, 0.1) is 5.92 Å². The summed E-state index contributed by atoms with van der Waals surface area (Å²) in [5, 5.41) is 0. The van der Waals surface area contributed by atoms with Crippen molar-refractivity contribution in [1.82, 2.24) is 4.90 Å². The number of amides is 1. The number of carbonyl (C=O) groups is 1. The summed E-state index contributed by atoms with van der Waals surface area (Å²) in [6.45, 7) is 3.87. The summed E-state index contributed by atoms with van der Waals surface area (Å²) in [6.07, 6.45) is 4.38. The van der Waals surface area contributed by atoms with Crippen LogP contribution in [-0.4, -0.2) is 51.2 Å². The maximum atomic E-state index is 12.4. The predicted molar refractivity (Wildman–Crippen MR) is 97.2 cm³/mol. The molecule has 0 saturated carbocycles. The Morgan fingerprint density at radius 2 is 2.00 bits per heavy atom. The quantitative estimate of drug-likeness (QED) is 0.742. The number of likely N-dealkylation sites (tertiary alicyclic amines) is 1. The molecule has 1 saturated heterocycles. The maximum Gasteiger partial charge on any atom is 0.222 e. The number of hydrogen-bond donors (Lipinski definition) is 1. The molecule has 1 fully saturated rings. The van der Waals surface area contributed by atoms with Crippen molar-refractivity contribution in [1.29, 1.82) is 0 Å². The Kier molecular flexibility index (Phi) is 6.84. The SMILES string of the molecule is C[C@H]1CCCN(C(=O)CCCOc2ccc(S(C)(=O)=O)cc2)[C@@H]1CN. The number of nitrogens with two attached hydrogens (primary N) is 1. The van der Waals surface area contributed by atoms with Crippen LogP contribution in [0.4, 0.5) is 0 Å². The monoisotopic (exact) mass is 368 g/mol.